The molecule has 0 aliphatic heterocycles. The summed E-state index contributed by atoms with van der Waals surface area (Å²) in [7, 11) is 1.61. The summed E-state index contributed by atoms with van der Waals surface area (Å²) in [6.45, 7) is 1.81. The first kappa shape index (κ1) is 20.8. The molecule has 0 spiro atoms. The normalized spacial score (nSPS) is 11.2. The number of nitrogens with zero attached hydrogens (tertiary/aromatic N) is 2. The second-order valence-electron chi connectivity index (χ2n) is 7.74. The number of carbonyl (C=O) groups is 1. The van der Waals surface area contributed by atoms with Crippen molar-refractivity contribution < 1.29 is 9.21 Å². The Morgan fingerprint density at radius 1 is 1.09 bits per heavy atom. The van der Waals surface area contributed by atoms with Gasteiger partial charge in [-0.3, -0.25) is 14.4 Å². The first-order valence-electron chi connectivity index (χ1n) is 10.3. The maximum absolute atomic E-state index is 13.4. The van der Waals surface area contributed by atoms with E-state index in [1.165, 1.54) is 16.2 Å². The van der Waals surface area contributed by atoms with E-state index < -0.39 is 0 Å². The molecule has 0 atom stereocenters. The van der Waals surface area contributed by atoms with E-state index in [1.807, 2.05) is 30.3 Å². The molecule has 0 saturated heterocycles. The van der Waals surface area contributed by atoms with E-state index in [-0.39, 0.29) is 34.6 Å². The predicted octanol–water partition coefficient (Wildman–Crippen LogP) is 4.34. The van der Waals surface area contributed by atoms with E-state index in [2.05, 4.69) is 9.97 Å². The molecular formula is C25H19N3O4S. The number of aromatic nitrogens is 2. The maximum Gasteiger partial charge on any atom is 0.268 e. The molecule has 33 heavy (non-hydrogen) atoms. The Kier molecular flexibility index (Phi) is 5.14. The number of carbonyl (C=O) groups excluding carboxylic acids is 1. The first-order chi connectivity index (χ1) is 15.9. The molecule has 0 bridgehead atoms. The van der Waals surface area contributed by atoms with Crippen LogP contribution in [0.25, 0.3) is 32.5 Å². The van der Waals surface area contributed by atoms with Crippen molar-refractivity contribution in [2.24, 2.45) is 0 Å². The number of H-pyrrole nitrogens is 1. The van der Waals surface area contributed by atoms with Crippen LogP contribution < -0.4 is 11.0 Å². The molecule has 3 heterocycles. The lowest BCUT2D eigenvalue weighted by atomic mass is 10.0. The van der Waals surface area contributed by atoms with Gasteiger partial charge in [-0.2, -0.15) is 0 Å². The number of nitrogens with one attached hydrogen (secondary N) is 1. The molecular weight excluding hydrogens is 438 g/mol. The van der Waals surface area contributed by atoms with Crippen LogP contribution in [0.15, 0.2) is 74.0 Å². The molecule has 0 saturated carbocycles. The van der Waals surface area contributed by atoms with Gasteiger partial charge < -0.3 is 14.3 Å². The van der Waals surface area contributed by atoms with Gasteiger partial charge in [-0.1, -0.05) is 36.4 Å². The molecule has 0 radical (unpaired) electrons. The molecule has 0 aliphatic rings. The van der Waals surface area contributed by atoms with Crippen molar-refractivity contribution in [2.45, 2.75) is 13.5 Å². The molecule has 1 amide bonds. The van der Waals surface area contributed by atoms with E-state index >= 15 is 0 Å². The molecule has 0 unspecified atom stereocenters. The molecule has 8 heteroatoms. The predicted molar refractivity (Wildman–Crippen MR) is 129 cm³/mol. The average Bonchev–Trinajstić information content (AvgIpc) is 3.30. The van der Waals surface area contributed by atoms with Gasteiger partial charge in [0, 0.05) is 18.2 Å². The van der Waals surface area contributed by atoms with Gasteiger partial charge in [-0.15, -0.1) is 11.3 Å². The highest BCUT2D eigenvalue weighted by Crippen LogP contribution is 2.28. The van der Waals surface area contributed by atoms with E-state index in [0.717, 1.165) is 5.56 Å². The highest BCUT2D eigenvalue weighted by Gasteiger charge is 2.21. The van der Waals surface area contributed by atoms with Gasteiger partial charge in [-0.25, -0.2) is 4.98 Å². The van der Waals surface area contributed by atoms with Crippen LogP contribution in [0, 0.1) is 6.92 Å². The van der Waals surface area contributed by atoms with Gasteiger partial charge in [0.1, 0.15) is 16.3 Å². The quantitative estimate of drug-likeness (QED) is 0.433. The zero-order valence-corrected chi connectivity index (χ0v) is 18.7. The van der Waals surface area contributed by atoms with E-state index in [4.69, 9.17) is 4.42 Å². The number of hydrogen-bond donors (Lipinski definition) is 1. The van der Waals surface area contributed by atoms with Crippen molar-refractivity contribution in [1.29, 1.82) is 0 Å². The fourth-order valence-corrected chi connectivity index (χ4v) is 4.57. The second-order valence-corrected chi connectivity index (χ2v) is 8.66. The standard InChI is InChI=1S/C25H19N3O4S/c1-14-20(29)16-9-6-10-17(22(16)32-21(14)15-7-4-3-5-8-15)25(31)28(2)13-19-26-18-11-12-33-23(18)24(30)27-19/h3-12H,13H2,1-2H3,(H,26,27,30). The van der Waals surface area contributed by atoms with Crippen molar-refractivity contribution in [3.63, 3.8) is 0 Å². The number of para-hydroxylation sites is 1. The summed E-state index contributed by atoms with van der Waals surface area (Å²) >= 11 is 1.32. The van der Waals surface area contributed by atoms with Gasteiger partial charge in [0.05, 0.1) is 23.0 Å². The fourth-order valence-electron chi connectivity index (χ4n) is 3.84. The second kappa shape index (κ2) is 8.14. The van der Waals surface area contributed by atoms with Crippen LogP contribution in [0.3, 0.4) is 0 Å². The van der Waals surface area contributed by atoms with Crippen molar-refractivity contribution in [2.75, 3.05) is 7.05 Å². The highest BCUT2D eigenvalue weighted by molar-refractivity contribution is 7.17. The summed E-state index contributed by atoms with van der Waals surface area (Å²) in [5, 5.41) is 2.15. The minimum absolute atomic E-state index is 0.0951. The van der Waals surface area contributed by atoms with Crippen molar-refractivity contribution in [3.8, 4) is 11.3 Å². The van der Waals surface area contributed by atoms with E-state index in [1.54, 1.807) is 43.6 Å². The lowest BCUT2D eigenvalue weighted by molar-refractivity contribution is 0.0782. The van der Waals surface area contributed by atoms with Crippen molar-refractivity contribution in [3.05, 3.63) is 97.5 Å². The number of benzene rings is 2. The third-order valence-electron chi connectivity index (χ3n) is 5.51. The average molecular weight is 458 g/mol. The summed E-state index contributed by atoms with van der Waals surface area (Å²) in [6.07, 6.45) is 0. The van der Waals surface area contributed by atoms with E-state index in [0.29, 0.717) is 32.8 Å². The number of thiophene rings is 1. The Morgan fingerprint density at radius 2 is 1.88 bits per heavy atom. The number of fused-ring (bicyclic) bond motifs is 2. The number of hydrogen-bond acceptors (Lipinski definition) is 6. The molecule has 0 aliphatic carbocycles. The zero-order chi connectivity index (χ0) is 23.1. The highest BCUT2D eigenvalue weighted by atomic mass is 32.1. The lowest BCUT2D eigenvalue weighted by Gasteiger charge is -2.18. The Hall–Kier alpha value is -4.04. The van der Waals surface area contributed by atoms with Gasteiger partial charge in [-0.05, 0) is 30.5 Å². The number of amides is 1. The van der Waals surface area contributed by atoms with Crippen LogP contribution in [-0.4, -0.2) is 27.8 Å². The Labute approximate surface area is 191 Å². The van der Waals surface area contributed by atoms with Crippen LogP contribution in [0.5, 0.6) is 0 Å². The third kappa shape index (κ3) is 3.64. The van der Waals surface area contributed by atoms with Gasteiger partial charge in [0.2, 0.25) is 0 Å². The Morgan fingerprint density at radius 3 is 2.67 bits per heavy atom. The first-order valence-corrected chi connectivity index (χ1v) is 11.2. The lowest BCUT2D eigenvalue weighted by Crippen LogP contribution is -2.28. The summed E-state index contributed by atoms with van der Waals surface area (Å²) in [5.41, 5.74) is 1.93. The molecule has 3 aromatic heterocycles. The largest absolute Gasteiger partial charge is 0.455 e. The Bertz CT molecular complexity index is 1630. The SMILES string of the molecule is Cc1c(-c2ccccc2)oc2c(C(=O)N(C)Cc3nc4ccsc4c(=O)[nH]3)cccc2c1=O. The minimum atomic E-state index is -0.348. The minimum Gasteiger partial charge on any atom is -0.455 e. The fraction of sp³-hybridized carbons (Fsp3) is 0.120. The summed E-state index contributed by atoms with van der Waals surface area (Å²) in [6, 6.07) is 16.0. The summed E-state index contributed by atoms with van der Waals surface area (Å²) in [5.74, 6) is 0.467. The maximum atomic E-state index is 13.4. The number of aromatic amines is 1. The monoisotopic (exact) mass is 457 g/mol. The number of rotatable bonds is 4. The van der Waals surface area contributed by atoms with Gasteiger partial charge in [0.15, 0.2) is 11.0 Å². The Balaban J connectivity index is 1.57. The topological polar surface area (TPSA) is 96.3 Å². The molecule has 164 valence electrons. The zero-order valence-electron chi connectivity index (χ0n) is 17.9. The van der Waals surface area contributed by atoms with Crippen LogP contribution in [0.1, 0.15) is 21.7 Å². The molecule has 1 N–H and O–H groups in total. The van der Waals surface area contributed by atoms with E-state index in [9.17, 15) is 14.4 Å². The molecule has 2 aromatic carbocycles. The van der Waals surface area contributed by atoms with Crippen molar-refractivity contribution in [1.82, 2.24) is 14.9 Å². The smallest absolute Gasteiger partial charge is 0.268 e. The van der Waals surface area contributed by atoms with Crippen LogP contribution in [0.4, 0.5) is 0 Å². The van der Waals surface area contributed by atoms with Gasteiger partial charge >= 0.3 is 0 Å². The van der Waals surface area contributed by atoms with Gasteiger partial charge in [0.25, 0.3) is 11.5 Å². The van der Waals surface area contributed by atoms with Crippen LogP contribution >= 0.6 is 11.3 Å². The molecule has 0 fully saturated rings. The van der Waals surface area contributed by atoms with Crippen LogP contribution in [0.2, 0.25) is 0 Å². The summed E-state index contributed by atoms with van der Waals surface area (Å²) < 4.78 is 6.71. The molecule has 5 rings (SSSR count). The van der Waals surface area contributed by atoms with Crippen LogP contribution in [-0.2, 0) is 6.54 Å². The molecule has 7 nitrogen and oxygen atoms in total. The van der Waals surface area contributed by atoms with Crippen molar-refractivity contribution >= 4 is 38.4 Å². The molecule has 5 aromatic rings. The third-order valence-corrected chi connectivity index (χ3v) is 6.41. The summed E-state index contributed by atoms with van der Waals surface area (Å²) in [4.78, 5) is 47.3.